The summed E-state index contributed by atoms with van der Waals surface area (Å²) >= 11 is 0. The van der Waals surface area contributed by atoms with E-state index in [2.05, 4.69) is 33.6 Å². The summed E-state index contributed by atoms with van der Waals surface area (Å²) in [7, 11) is 0. The highest BCUT2D eigenvalue weighted by atomic mass is 15.4. The van der Waals surface area contributed by atoms with Crippen molar-refractivity contribution in [2.24, 2.45) is 0 Å². The molecule has 0 saturated heterocycles. The van der Waals surface area contributed by atoms with Gasteiger partial charge in [0.25, 0.3) is 0 Å². The number of rotatable bonds is 5. The standard InChI is InChI=1S/C15H17N5/c1-2-9-16-10-12-7-8-15(17-11-12)20-14-6-4-3-5-13(14)18-19-20/h3-8,11,16H,2,9-10H2,1H3. The van der Waals surface area contributed by atoms with E-state index in [1.54, 1.807) is 4.68 Å². The number of hydrogen-bond acceptors (Lipinski definition) is 4. The first-order chi connectivity index (χ1) is 9.88. The molecule has 2 aromatic heterocycles. The van der Waals surface area contributed by atoms with Crippen LogP contribution in [0.1, 0.15) is 18.9 Å². The van der Waals surface area contributed by atoms with Gasteiger partial charge >= 0.3 is 0 Å². The van der Waals surface area contributed by atoms with Gasteiger partial charge in [-0.1, -0.05) is 30.3 Å². The summed E-state index contributed by atoms with van der Waals surface area (Å²) < 4.78 is 1.76. The minimum Gasteiger partial charge on any atom is -0.313 e. The van der Waals surface area contributed by atoms with Crippen LogP contribution in [0.25, 0.3) is 16.9 Å². The maximum absolute atomic E-state index is 4.47. The second-order valence-corrected chi connectivity index (χ2v) is 4.69. The van der Waals surface area contributed by atoms with Gasteiger partial charge in [0.15, 0.2) is 5.82 Å². The highest BCUT2D eigenvalue weighted by Crippen LogP contribution is 2.14. The van der Waals surface area contributed by atoms with Gasteiger partial charge in [-0.3, -0.25) is 0 Å². The molecule has 0 unspecified atom stereocenters. The van der Waals surface area contributed by atoms with E-state index < -0.39 is 0 Å². The zero-order valence-corrected chi connectivity index (χ0v) is 11.5. The number of hydrogen-bond donors (Lipinski definition) is 1. The molecule has 0 aliphatic rings. The normalized spacial score (nSPS) is 11.1. The van der Waals surface area contributed by atoms with E-state index in [-0.39, 0.29) is 0 Å². The Morgan fingerprint density at radius 2 is 2.05 bits per heavy atom. The minimum absolute atomic E-state index is 0.790. The number of benzene rings is 1. The molecule has 2 heterocycles. The summed E-state index contributed by atoms with van der Waals surface area (Å²) in [5, 5.41) is 11.7. The molecule has 0 amide bonds. The van der Waals surface area contributed by atoms with Crippen LogP contribution in [-0.2, 0) is 6.54 Å². The van der Waals surface area contributed by atoms with Crippen molar-refractivity contribution in [2.45, 2.75) is 19.9 Å². The van der Waals surface area contributed by atoms with E-state index in [1.807, 2.05) is 36.5 Å². The molecular weight excluding hydrogens is 250 g/mol. The van der Waals surface area contributed by atoms with E-state index in [0.717, 1.165) is 36.4 Å². The second kappa shape index (κ2) is 5.79. The van der Waals surface area contributed by atoms with Crippen molar-refractivity contribution in [1.82, 2.24) is 25.3 Å². The molecule has 0 fully saturated rings. The molecule has 20 heavy (non-hydrogen) atoms. The van der Waals surface area contributed by atoms with Crippen LogP contribution < -0.4 is 5.32 Å². The highest BCUT2D eigenvalue weighted by molar-refractivity contribution is 5.75. The van der Waals surface area contributed by atoms with Crippen LogP contribution >= 0.6 is 0 Å². The van der Waals surface area contributed by atoms with Crippen molar-refractivity contribution in [1.29, 1.82) is 0 Å². The number of nitrogens with zero attached hydrogens (tertiary/aromatic N) is 4. The summed E-state index contributed by atoms with van der Waals surface area (Å²) in [6.45, 7) is 4.03. The molecule has 0 aliphatic heterocycles. The molecule has 3 rings (SSSR count). The van der Waals surface area contributed by atoms with Crippen molar-refractivity contribution in [2.75, 3.05) is 6.54 Å². The van der Waals surface area contributed by atoms with Gasteiger partial charge < -0.3 is 5.32 Å². The van der Waals surface area contributed by atoms with Gasteiger partial charge in [0.2, 0.25) is 0 Å². The zero-order valence-electron chi connectivity index (χ0n) is 11.5. The number of nitrogens with one attached hydrogen (secondary N) is 1. The van der Waals surface area contributed by atoms with Crippen LogP contribution in [0.15, 0.2) is 42.6 Å². The Morgan fingerprint density at radius 1 is 1.15 bits per heavy atom. The first kappa shape index (κ1) is 12.7. The zero-order chi connectivity index (χ0) is 13.8. The van der Waals surface area contributed by atoms with Crippen LogP contribution in [0.4, 0.5) is 0 Å². The second-order valence-electron chi connectivity index (χ2n) is 4.69. The van der Waals surface area contributed by atoms with Crippen molar-refractivity contribution in [3.8, 4) is 5.82 Å². The molecule has 5 heteroatoms. The van der Waals surface area contributed by atoms with E-state index in [9.17, 15) is 0 Å². The van der Waals surface area contributed by atoms with E-state index in [4.69, 9.17) is 0 Å². The lowest BCUT2D eigenvalue weighted by Crippen LogP contribution is -2.14. The maximum atomic E-state index is 4.47. The Morgan fingerprint density at radius 3 is 2.85 bits per heavy atom. The van der Waals surface area contributed by atoms with Gasteiger partial charge in [0.1, 0.15) is 5.52 Å². The highest BCUT2D eigenvalue weighted by Gasteiger charge is 2.06. The lowest BCUT2D eigenvalue weighted by Gasteiger charge is -2.05. The van der Waals surface area contributed by atoms with E-state index >= 15 is 0 Å². The molecular formula is C15H17N5. The van der Waals surface area contributed by atoms with Gasteiger partial charge in [-0.2, -0.15) is 4.68 Å². The number of pyridine rings is 1. The summed E-state index contributed by atoms with van der Waals surface area (Å²) in [5.74, 6) is 0.790. The Bertz CT molecular complexity index is 687. The molecule has 0 saturated carbocycles. The van der Waals surface area contributed by atoms with Crippen molar-refractivity contribution in [3.05, 3.63) is 48.2 Å². The molecule has 1 N–H and O–H groups in total. The summed E-state index contributed by atoms with van der Waals surface area (Å²) in [5.41, 5.74) is 3.02. The average Bonchev–Trinajstić information content (AvgIpc) is 2.92. The molecule has 0 aliphatic carbocycles. The molecule has 5 nitrogen and oxygen atoms in total. The average molecular weight is 267 g/mol. The van der Waals surface area contributed by atoms with Crippen LogP contribution in [0.5, 0.6) is 0 Å². The molecule has 0 radical (unpaired) electrons. The fourth-order valence-corrected chi connectivity index (χ4v) is 2.09. The molecule has 0 atom stereocenters. The van der Waals surface area contributed by atoms with Crippen LogP contribution in [-0.4, -0.2) is 26.5 Å². The Balaban J connectivity index is 1.84. The molecule has 1 aromatic carbocycles. The molecule has 0 bridgehead atoms. The SMILES string of the molecule is CCCNCc1ccc(-n2nnc3ccccc32)nc1. The molecule has 102 valence electrons. The van der Waals surface area contributed by atoms with E-state index in [0.29, 0.717) is 0 Å². The molecule has 3 aromatic rings. The fourth-order valence-electron chi connectivity index (χ4n) is 2.09. The smallest absolute Gasteiger partial charge is 0.155 e. The summed E-state index contributed by atoms with van der Waals surface area (Å²) in [6.07, 6.45) is 3.02. The lowest BCUT2D eigenvalue weighted by molar-refractivity contribution is 0.673. The van der Waals surface area contributed by atoms with Crippen molar-refractivity contribution >= 4 is 11.0 Å². The maximum Gasteiger partial charge on any atom is 0.155 e. The molecule has 0 spiro atoms. The predicted octanol–water partition coefficient (Wildman–Crippen LogP) is 2.32. The number of para-hydroxylation sites is 1. The Labute approximate surface area is 117 Å². The Hall–Kier alpha value is -2.27. The first-order valence-corrected chi connectivity index (χ1v) is 6.85. The fraction of sp³-hybridized carbons (Fsp3) is 0.267. The largest absolute Gasteiger partial charge is 0.313 e. The number of aromatic nitrogens is 4. The van der Waals surface area contributed by atoms with Crippen LogP contribution in [0, 0.1) is 0 Å². The third-order valence-electron chi connectivity index (χ3n) is 3.13. The summed E-state index contributed by atoms with van der Waals surface area (Å²) in [6, 6.07) is 11.9. The lowest BCUT2D eigenvalue weighted by atomic mass is 10.2. The Kier molecular flexibility index (Phi) is 3.69. The topological polar surface area (TPSA) is 55.6 Å². The third kappa shape index (κ3) is 2.53. The van der Waals surface area contributed by atoms with E-state index in [1.165, 1.54) is 5.56 Å². The van der Waals surface area contributed by atoms with Crippen LogP contribution in [0.2, 0.25) is 0 Å². The van der Waals surface area contributed by atoms with Gasteiger partial charge in [-0.25, -0.2) is 4.98 Å². The number of fused-ring (bicyclic) bond motifs is 1. The predicted molar refractivity (Wildman–Crippen MR) is 78.7 cm³/mol. The quantitative estimate of drug-likeness (QED) is 0.721. The van der Waals surface area contributed by atoms with Gasteiger partial charge in [-0.15, -0.1) is 5.10 Å². The van der Waals surface area contributed by atoms with Crippen molar-refractivity contribution in [3.63, 3.8) is 0 Å². The first-order valence-electron chi connectivity index (χ1n) is 6.85. The van der Waals surface area contributed by atoms with Gasteiger partial charge in [-0.05, 0) is 36.7 Å². The van der Waals surface area contributed by atoms with Crippen LogP contribution in [0.3, 0.4) is 0 Å². The van der Waals surface area contributed by atoms with Crippen molar-refractivity contribution < 1.29 is 0 Å². The summed E-state index contributed by atoms with van der Waals surface area (Å²) in [4.78, 5) is 4.47. The van der Waals surface area contributed by atoms with Gasteiger partial charge in [0.05, 0.1) is 5.52 Å². The minimum atomic E-state index is 0.790. The third-order valence-corrected chi connectivity index (χ3v) is 3.13. The van der Waals surface area contributed by atoms with Gasteiger partial charge in [0, 0.05) is 12.7 Å². The monoisotopic (exact) mass is 267 g/mol.